The van der Waals surface area contributed by atoms with Gasteiger partial charge in [-0.15, -0.1) is 0 Å². The van der Waals surface area contributed by atoms with Crippen LogP contribution in [0.15, 0.2) is 182 Å². The van der Waals surface area contributed by atoms with E-state index < -0.39 is 5.41 Å². The van der Waals surface area contributed by atoms with Gasteiger partial charge < -0.3 is 19.2 Å². The van der Waals surface area contributed by atoms with E-state index in [1.165, 1.54) is 66.8 Å². The molecule has 6 heteroatoms. The van der Waals surface area contributed by atoms with Crippen LogP contribution in [0.25, 0.3) is 22.3 Å². The molecule has 0 heterocycles. The third-order valence-electron chi connectivity index (χ3n) is 12.0. The van der Waals surface area contributed by atoms with Gasteiger partial charge in [-0.3, -0.25) is 0 Å². The van der Waals surface area contributed by atoms with Crippen molar-refractivity contribution < 1.29 is 29.0 Å². The van der Waals surface area contributed by atoms with Gasteiger partial charge in [0, 0.05) is 0 Å². The second-order valence-corrected chi connectivity index (χ2v) is 15.6. The molecule has 1 unspecified atom stereocenters. The lowest BCUT2D eigenvalue weighted by atomic mass is 9.70. The zero-order chi connectivity index (χ0) is 41.2. The predicted octanol–water partition coefficient (Wildman–Crippen LogP) is 12.3. The van der Waals surface area contributed by atoms with Crippen LogP contribution in [-0.4, -0.2) is 14.2 Å². The Morgan fingerprint density at radius 1 is 0.328 bits per heavy atom. The molecule has 0 amide bonds. The number of hydrogen-bond donors (Lipinski definition) is 0. The second kappa shape index (κ2) is 16.5. The van der Waals surface area contributed by atoms with Crippen LogP contribution in [0.2, 0.25) is 0 Å². The maximum absolute atomic E-state index is 6.06. The molecule has 0 aliphatic heterocycles. The maximum Gasteiger partial charge on any atom is 0.165 e. The average Bonchev–Trinajstić information content (AvgIpc) is 3.77. The Labute approximate surface area is 356 Å². The molecule has 61 heavy (non-hydrogen) atoms. The van der Waals surface area contributed by atoms with Gasteiger partial charge in [0.25, 0.3) is 0 Å². The first kappa shape index (κ1) is 38.1. The van der Waals surface area contributed by atoms with E-state index in [1.54, 1.807) is 14.2 Å². The van der Waals surface area contributed by atoms with Crippen molar-refractivity contribution >= 4 is 0 Å². The topological polar surface area (TPSA) is 55.4 Å². The predicted molar refractivity (Wildman–Crippen MR) is 238 cm³/mol. The molecule has 1 spiro atoms. The molecule has 0 radical (unpaired) electrons. The van der Waals surface area contributed by atoms with E-state index in [0.717, 1.165) is 35.5 Å². The second-order valence-electron chi connectivity index (χ2n) is 15.6. The van der Waals surface area contributed by atoms with E-state index in [-0.39, 0.29) is 6.61 Å². The van der Waals surface area contributed by atoms with Gasteiger partial charge in [0.1, 0.15) is 24.7 Å². The Balaban J connectivity index is 0.883. The molecule has 0 aromatic heterocycles. The van der Waals surface area contributed by atoms with Crippen molar-refractivity contribution in [3.05, 3.63) is 238 Å². The summed E-state index contributed by atoms with van der Waals surface area (Å²) in [6, 6.07) is 63.7. The molecule has 8 aromatic carbocycles. The molecular formula is C55H44O6. The van der Waals surface area contributed by atoms with Gasteiger partial charge in [0.05, 0.1) is 19.6 Å². The highest BCUT2D eigenvalue weighted by Crippen LogP contribution is 2.63. The molecule has 300 valence electrons. The molecule has 2 aliphatic carbocycles. The van der Waals surface area contributed by atoms with E-state index in [0.29, 0.717) is 18.1 Å². The normalized spacial score (nSPS) is 14.2. The average molecular weight is 801 g/mol. The van der Waals surface area contributed by atoms with Gasteiger partial charge in [-0.25, -0.2) is 0 Å². The minimum absolute atomic E-state index is 0.257. The molecule has 1 atom stereocenters. The monoisotopic (exact) mass is 800 g/mol. The largest absolute Gasteiger partial charge is 0.497 e. The van der Waals surface area contributed by atoms with Crippen LogP contribution in [0.1, 0.15) is 55.6 Å². The molecule has 10 rings (SSSR count). The maximum atomic E-state index is 6.06. The molecule has 8 aromatic rings. The van der Waals surface area contributed by atoms with Crippen molar-refractivity contribution in [1.29, 1.82) is 0 Å². The molecule has 0 bridgehead atoms. The van der Waals surface area contributed by atoms with Crippen LogP contribution < -0.4 is 19.2 Å². The first-order valence-corrected chi connectivity index (χ1v) is 20.6. The SMILES string of the molecule is COc1ccc(COOc2ccc(COOc3ccc4c(c3)C3(c5ccccc5-c5ccc(Cc6ccc(Cc7ccc(OC)cc7)cc6)cc53)c3ccccc3-4)cc2)cc1. The van der Waals surface area contributed by atoms with Crippen molar-refractivity contribution in [3.8, 4) is 45.3 Å². The summed E-state index contributed by atoms with van der Waals surface area (Å²) in [5.41, 5.74) is 16.5. The Morgan fingerprint density at radius 2 is 0.705 bits per heavy atom. The smallest absolute Gasteiger partial charge is 0.165 e. The number of fused-ring (bicyclic) bond motifs is 10. The Bertz CT molecular complexity index is 2800. The number of rotatable bonds is 14. The van der Waals surface area contributed by atoms with Gasteiger partial charge >= 0.3 is 0 Å². The fourth-order valence-electron chi connectivity index (χ4n) is 9.01. The van der Waals surface area contributed by atoms with E-state index in [1.807, 2.05) is 66.7 Å². The fraction of sp³-hybridized carbons (Fsp3) is 0.127. The van der Waals surface area contributed by atoms with Gasteiger partial charge in [0.2, 0.25) is 0 Å². The molecule has 0 saturated carbocycles. The van der Waals surface area contributed by atoms with Crippen molar-refractivity contribution in [2.75, 3.05) is 14.2 Å². The first-order chi connectivity index (χ1) is 30.1. The van der Waals surface area contributed by atoms with Crippen LogP contribution in [0, 0.1) is 0 Å². The lowest BCUT2D eigenvalue weighted by Gasteiger charge is -2.31. The number of benzene rings is 8. The van der Waals surface area contributed by atoms with Gasteiger partial charge in [-0.05, 0) is 139 Å². The summed E-state index contributed by atoms with van der Waals surface area (Å²) in [6.07, 6.45) is 1.71. The summed E-state index contributed by atoms with van der Waals surface area (Å²) >= 11 is 0. The van der Waals surface area contributed by atoms with Gasteiger partial charge in [0.15, 0.2) is 11.5 Å². The minimum atomic E-state index is -0.513. The summed E-state index contributed by atoms with van der Waals surface area (Å²) < 4.78 is 10.6. The molecule has 0 saturated heterocycles. The van der Waals surface area contributed by atoms with E-state index in [2.05, 4.69) is 115 Å². The van der Waals surface area contributed by atoms with Crippen molar-refractivity contribution in [1.82, 2.24) is 0 Å². The highest BCUT2D eigenvalue weighted by molar-refractivity contribution is 5.95. The number of methoxy groups -OCH3 is 2. The Kier molecular flexibility index (Phi) is 10.3. The zero-order valence-electron chi connectivity index (χ0n) is 34.1. The van der Waals surface area contributed by atoms with E-state index in [9.17, 15) is 0 Å². The third kappa shape index (κ3) is 7.31. The Hall–Kier alpha value is -7.12. The van der Waals surface area contributed by atoms with Crippen LogP contribution in [0.5, 0.6) is 23.0 Å². The van der Waals surface area contributed by atoms with Crippen molar-refractivity contribution in [2.24, 2.45) is 0 Å². The van der Waals surface area contributed by atoms with Crippen LogP contribution in [0.3, 0.4) is 0 Å². The fourth-order valence-corrected chi connectivity index (χ4v) is 9.01. The highest BCUT2D eigenvalue weighted by Gasteiger charge is 2.51. The minimum Gasteiger partial charge on any atom is -0.497 e. The summed E-state index contributed by atoms with van der Waals surface area (Å²) in [4.78, 5) is 22.9. The molecule has 2 aliphatic rings. The number of ether oxygens (including phenoxy) is 2. The van der Waals surface area contributed by atoms with Crippen LogP contribution in [-0.2, 0) is 41.2 Å². The molecule has 0 N–H and O–H groups in total. The van der Waals surface area contributed by atoms with Crippen LogP contribution in [0.4, 0.5) is 0 Å². The molecular weight excluding hydrogens is 757 g/mol. The van der Waals surface area contributed by atoms with Crippen molar-refractivity contribution in [2.45, 2.75) is 31.5 Å². The summed E-state index contributed by atoms with van der Waals surface area (Å²) in [5, 5.41) is 0. The Morgan fingerprint density at radius 3 is 1.25 bits per heavy atom. The van der Waals surface area contributed by atoms with Gasteiger partial charge in [-0.2, -0.15) is 9.78 Å². The quantitative estimate of drug-likeness (QED) is 0.0806. The molecule has 0 fully saturated rings. The van der Waals surface area contributed by atoms with E-state index in [4.69, 9.17) is 29.0 Å². The third-order valence-corrected chi connectivity index (χ3v) is 12.0. The van der Waals surface area contributed by atoms with Crippen molar-refractivity contribution in [3.63, 3.8) is 0 Å². The summed E-state index contributed by atoms with van der Waals surface area (Å²) in [6.45, 7) is 0.572. The lowest BCUT2D eigenvalue weighted by Crippen LogP contribution is -2.26. The first-order valence-electron chi connectivity index (χ1n) is 20.6. The number of hydrogen-bond acceptors (Lipinski definition) is 6. The zero-order valence-corrected chi connectivity index (χ0v) is 34.1. The summed E-state index contributed by atoms with van der Waals surface area (Å²) in [7, 11) is 3.35. The van der Waals surface area contributed by atoms with Gasteiger partial charge in [-0.1, -0.05) is 133 Å². The summed E-state index contributed by atoms with van der Waals surface area (Å²) in [5.74, 6) is 2.92. The van der Waals surface area contributed by atoms with E-state index >= 15 is 0 Å². The standard InChI is InChI=1S/C55H44O6/c1-56-43-22-15-39(16-23-43)31-37-11-13-38(14-12-37)32-42-21-29-49-47-7-3-5-9-51(47)55(53(49)33-42)52-10-6-4-8-48(52)50-30-28-46(34-54(50)55)61-59-36-41-19-26-45(27-20-41)60-58-35-40-17-24-44(57-2)25-18-40/h3-30,33-34H,31-32,35-36H2,1-2H3. The highest BCUT2D eigenvalue weighted by atomic mass is 17.2. The molecule has 6 nitrogen and oxygen atoms in total. The lowest BCUT2D eigenvalue weighted by molar-refractivity contribution is -0.218. The van der Waals surface area contributed by atoms with Crippen LogP contribution >= 0.6 is 0 Å².